The maximum absolute atomic E-state index is 14.4. The van der Waals surface area contributed by atoms with Crippen LogP contribution in [0.1, 0.15) is 23.6 Å². The Labute approximate surface area is 232 Å². The Balaban J connectivity index is 1.31. The van der Waals surface area contributed by atoms with Gasteiger partial charge in [-0.2, -0.15) is 15.6 Å². The highest BCUT2D eigenvalue weighted by Crippen LogP contribution is 2.38. The highest BCUT2D eigenvalue weighted by molar-refractivity contribution is 7.14. The SMILES string of the molecule is C[Si](C)(C)CCOCn1ccc2c(-c3cnn(C(CF)[C@H]4CCN(c5scc(C#N)c5C#N)C4)c3)ncnc21. The molecule has 12 heteroatoms. The number of fused-ring (bicyclic) bond motifs is 1. The lowest BCUT2D eigenvalue weighted by Crippen LogP contribution is -2.26. The molecule has 202 valence electrons. The van der Waals surface area contributed by atoms with Gasteiger partial charge in [-0.15, -0.1) is 11.3 Å². The zero-order chi connectivity index (χ0) is 27.6. The number of nitriles is 2. The van der Waals surface area contributed by atoms with Gasteiger partial charge in [-0.05, 0) is 18.5 Å². The van der Waals surface area contributed by atoms with E-state index >= 15 is 0 Å². The molecule has 1 aliphatic heterocycles. The van der Waals surface area contributed by atoms with Crippen LogP contribution in [0.15, 0.2) is 36.4 Å². The van der Waals surface area contributed by atoms with Gasteiger partial charge in [0.15, 0.2) is 0 Å². The van der Waals surface area contributed by atoms with E-state index in [-0.39, 0.29) is 5.92 Å². The summed E-state index contributed by atoms with van der Waals surface area (Å²) in [5.41, 5.74) is 3.14. The lowest BCUT2D eigenvalue weighted by Gasteiger charge is -2.22. The fraction of sp³-hybridized carbons (Fsp3) is 0.444. The van der Waals surface area contributed by atoms with Crippen LogP contribution in [0.5, 0.6) is 0 Å². The van der Waals surface area contributed by atoms with Crippen LogP contribution in [-0.2, 0) is 11.5 Å². The van der Waals surface area contributed by atoms with Gasteiger partial charge in [0.05, 0.1) is 23.5 Å². The predicted octanol–water partition coefficient (Wildman–Crippen LogP) is 5.45. The minimum atomic E-state index is -1.16. The molecule has 0 aliphatic carbocycles. The van der Waals surface area contributed by atoms with E-state index in [1.165, 1.54) is 11.3 Å². The molecule has 1 unspecified atom stereocenters. The number of nitrogens with zero attached hydrogens (tertiary/aromatic N) is 8. The lowest BCUT2D eigenvalue weighted by atomic mass is 10.0. The van der Waals surface area contributed by atoms with Gasteiger partial charge in [-0.3, -0.25) is 4.68 Å². The van der Waals surface area contributed by atoms with Crippen LogP contribution in [0.2, 0.25) is 25.7 Å². The summed E-state index contributed by atoms with van der Waals surface area (Å²) in [5.74, 6) is 0.0155. The van der Waals surface area contributed by atoms with Crippen molar-refractivity contribution in [3.8, 4) is 23.4 Å². The van der Waals surface area contributed by atoms with Gasteiger partial charge in [-0.1, -0.05) is 19.6 Å². The molecule has 4 aromatic heterocycles. The average Bonchev–Trinajstić information content (AvgIpc) is 3.72. The number of ether oxygens (including phenoxy) is 1. The third-order valence-corrected chi connectivity index (χ3v) is 9.96. The number of aromatic nitrogens is 5. The molecule has 0 radical (unpaired) electrons. The molecule has 1 aliphatic rings. The summed E-state index contributed by atoms with van der Waals surface area (Å²) >= 11 is 1.39. The Morgan fingerprint density at radius 3 is 2.85 bits per heavy atom. The molecule has 5 heterocycles. The highest BCUT2D eigenvalue weighted by Gasteiger charge is 2.33. The average molecular weight is 563 g/mol. The highest BCUT2D eigenvalue weighted by atomic mass is 32.1. The normalized spacial score (nSPS) is 16.5. The van der Waals surface area contributed by atoms with Crippen LogP contribution in [0.4, 0.5) is 9.39 Å². The monoisotopic (exact) mass is 562 g/mol. The molecule has 1 saturated heterocycles. The van der Waals surface area contributed by atoms with Crippen molar-refractivity contribution < 1.29 is 9.13 Å². The van der Waals surface area contributed by atoms with E-state index in [0.29, 0.717) is 30.9 Å². The Bertz CT molecular complexity index is 1540. The molecular formula is C27H31FN8OSSi. The molecular weight excluding hydrogens is 532 g/mol. The number of alkyl halides is 1. The first kappa shape index (κ1) is 27.0. The van der Waals surface area contributed by atoms with Crippen LogP contribution in [0, 0.1) is 28.6 Å². The second-order valence-electron chi connectivity index (χ2n) is 11.1. The molecule has 2 atom stereocenters. The van der Waals surface area contributed by atoms with Crippen LogP contribution in [0.3, 0.4) is 0 Å². The maximum atomic E-state index is 14.4. The van der Waals surface area contributed by atoms with Crippen molar-refractivity contribution in [1.29, 1.82) is 10.5 Å². The minimum absolute atomic E-state index is 0.0155. The molecule has 0 amide bonds. The topological polar surface area (TPSA) is 109 Å². The van der Waals surface area contributed by atoms with E-state index in [0.717, 1.165) is 46.4 Å². The number of anilines is 1. The third kappa shape index (κ3) is 5.59. The van der Waals surface area contributed by atoms with E-state index in [4.69, 9.17) is 4.74 Å². The van der Waals surface area contributed by atoms with Crippen molar-refractivity contribution in [1.82, 2.24) is 24.3 Å². The quantitative estimate of drug-likeness (QED) is 0.187. The molecule has 39 heavy (non-hydrogen) atoms. The fourth-order valence-electron chi connectivity index (χ4n) is 4.99. The van der Waals surface area contributed by atoms with Gasteiger partial charge in [-0.25, -0.2) is 14.4 Å². The summed E-state index contributed by atoms with van der Waals surface area (Å²) in [6.45, 7) is 8.90. The lowest BCUT2D eigenvalue weighted by molar-refractivity contribution is 0.0899. The summed E-state index contributed by atoms with van der Waals surface area (Å²) in [5, 5.41) is 26.7. The van der Waals surface area contributed by atoms with Crippen LogP contribution in [0.25, 0.3) is 22.3 Å². The van der Waals surface area contributed by atoms with Crippen molar-refractivity contribution in [3.63, 3.8) is 0 Å². The molecule has 1 fully saturated rings. The van der Waals surface area contributed by atoms with Crippen LogP contribution in [-0.4, -0.2) is 58.8 Å². The zero-order valence-corrected chi connectivity index (χ0v) is 24.2. The second-order valence-corrected chi connectivity index (χ2v) is 17.6. The molecule has 0 bridgehead atoms. The van der Waals surface area contributed by atoms with E-state index in [1.54, 1.807) is 22.6 Å². The molecule has 0 spiro atoms. The van der Waals surface area contributed by atoms with Crippen molar-refractivity contribution in [2.75, 3.05) is 31.3 Å². The maximum Gasteiger partial charge on any atom is 0.145 e. The summed E-state index contributed by atoms with van der Waals surface area (Å²) in [7, 11) is -1.16. The first-order valence-electron chi connectivity index (χ1n) is 13.0. The summed E-state index contributed by atoms with van der Waals surface area (Å²) < 4.78 is 24.0. The van der Waals surface area contributed by atoms with Gasteiger partial charge >= 0.3 is 0 Å². The Kier molecular flexibility index (Phi) is 7.80. The van der Waals surface area contributed by atoms with Crippen molar-refractivity contribution in [2.24, 2.45) is 5.92 Å². The smallest absolute Gasteiger partial charge is 0.145 e. The summed E-state index contributed by atoms with van der Waals surface area (Å²) in [4.78, 5) is 11.1. The number of hydrogen-bond donors (Lipinski definition) is 0. The number of hydrogen-bond acceptors (Lipinski definition) is 8. The van der Waals surface area contributed by atoms with Gasteiger partial charge in [0.2, 0.25) is 0 Å². The molecule has 0 aromatic carbocycles. The van der Waals surface area contributed by atoms with Crippen molar-refractivity contribution >= 4 is 35.4 Å². The molecule has 0 saturated carbocycles. The zero-order valence-electron chi connectivity index (χ0n) is 22.3. The largest absolute Gasteiger partial charge is 0.362 e. The Hall–Kier alpha value is -3.58. The predicted molar refractivity (Wildman–Crippen MR) is 152 cm³/mol. The fourth-order valence-corrected chi connectivity index (χ4v) is 6.74. The Morgan fingerprint density at radius 2 is 2.10 bits per heavy atom. The van der Waals surface area contributed by atoms with Crippen molar-refractivity contribution in [2.45, 2.75) is 44.9 Å². The first-order valence-corrected chi connectivity index (χ1v) is 17.6. The Morgan fingerprint density at radius 1 is 1.26 bits per heavy atom. The molecule has 5 rings (SSSR count). The first-order chi connectivity index (χ1) is 18.8. The van der Waals surface area contributed by atoms with Gasteiger partial charge in [0.1, 0.15) is 48.1 Å². The third-order valence-electron chi connectivity index (χ3n) is 7.22. The molecule has 4 aromatic rings. The van der Waals surface area contributed by atoms with E-state index in [2.05, 4.69) is 51.7 Å². The van der Waals surface area contributed by atoms with E-state index in [1.807, 2.05) is 23.0 Å². The summed E-state index contributed by atoms with van der Waals surface area (Å²) in [6.07, 6.45) is 7.85. The minimum Gasteiger partial charge on any atom is -0.362 e. The van der Waals surface area contributed by atoms with Crippen molar-refractivity contribution in [3.05, 3.63) is 47.5 Å². The summed E-state index contributed by atoms with van der Waals surface area (Å²) in [6, 6.07) is 6.88. The van der Waals surface area contributed by atoms with Gasteiger partial charge in [0.25, 0.3) is 0 Å². The van der Waals surface area contributed by atoms with Gasteiger partial charge in [0, 0.05) is 62.4 Å². The number of rotatable bonds is 10. The van der Waals surface area contributed by atoms with E-state index in [9.17, 15) is 14.9 Å². The van der Waals surface area contributed by atoms with Crippen LogP contribution >= 0.6 is 11.3 Å². The number of halogens is 1. The second kappa shape index (κ2) is 11.3. The van der Waals surface area contributed by atoms with Crippen LogP contribution < -0.4 is 4.90 Å². The standard InChI is InChI=1S/C27H31FN8OSSi/c1-39(2,3)9-8-37-18-35-7-5-22-25(31-17-32-26(22)35)21-13-33-36(15-21)24(10-28)19-4-6-34(14-19)27-23(12-30)20(11-29)16-38-27/h5,7,13,15-17,19,24H,4,6,8-10,14,18H2,1-3H3/t19-,24?/m0/s1. The van der Waals surface area contributed by atoms with Gasteiger partial charge < -0.3 is 14.2 Å². The van der Waals surface area contributed by atoms with E-state index < -0.39 is 20.8 Å². The number of thiophene rings is 1. The molecule has 9 nitrogen and oxygen atoms in total. The molecule has 0 N–H and O–H groups in total.